The molecule has 2 aromatic heterocycles. The third-order valence-electron chi connectivity index (χ3n) is 12.5. The van der Waals surface area contributed by atoms with E-state index >= 15 is 0 Å². The van der Waals surface area contributed by atoms with E-state index in [2.05, 4.69) is 81.5 Å². The maximum atomic E-state index is 9.96. The Morgan fingerprint density at radius 1 is 0.565 bits per heavy atom. The van der Waals surface area contributed by atoms with Crippen LogP contribution in [0.2, 0.25) is 0 Å². The van der Waals surface area contributed by atoms with Crippen molar-refractivity contribution in [1.29, 1.82) is 0 Å². The van der Waals surface area contributed by atoms with Crippen molar-refractivity contribution in [2.75, 3.05) is 9.80 Å². The molecule has 3 heterocycles. The summed E-state index contributed by atoms with van der Waals surface area (Å²) in [6.07, 6.45) is 1.52. The van der Waals surface area contributed by atoms with Crippen LogP contribution in [0.4, 0.5) is 22.7 Å². The zero-order valence-corrected chi connectivity index (χ0v) is 41.5. The number of hydrogen-bond acceptors (Lipinski definition) is 4. The molecular formula is C63H53N4OPt-3. The molecule has 10 aromatic rings. The molecule has 0 aliphatic carbocycles. The number of fused-ring (bicyclic) bond motifs is 4. The van der Waals surface area contributed by atoms with E-state index in [-0.39, 0.29) is 44.8 Å². The van der Waals surface area contributed by atoms with Crippen molar-refractivity contribution in [2.45, 2.75) is 59.2 Å². The smallest absolute Gasteiger partial charge is 0.135 e. The van der Waals surface area contributed by atoms with Crippen LogP contribution < -0.4 is 14.5 Å². The number of aromatic nitrogens is 2. The predicted octanol–water partition coefficient (Wildman–Crippen LogP) is 16.9. The number of benzene rings is 8. The molecule has 344 valence electrons. The Bertz CT molecular complexity index is 3760. The molecule has 8 aromatic carbocycles. The minimum atomic E-state index is -2.31. The van der Waals surface area contributed by atoms with Crippen LogP contribution in [0.15, 0.2) is 188 Å². The van der Waals surface area contributed by atoms with E-state index < -0.39 is 17.7 Å². The molecule has 0 amide bonds. The molecule has 1 aliphatic heterocycles. The Hall–Kier alpha value is -7.20. The van der Waals surface area contributed by atoms with Crippen LogP contribution in [0.1, 0.15) is 66.5 Å². The summed E-state index contributed by atoms with van der Waals surface area (Å²) in [5, 5.41) is 1.88. The monoisotopic (exact) mass is 1080 g/mol. The van der Waals surface area contributed by atoms with Crippen LogP contribution in [-0.2, 0) is 31.9 Å². The van der Waals surface area contributed by atoms with Crippen LogP contribution in [0.25, 0.3) is 61.0 Å². The summed E-state index contributed by atoms with van der Waals surface area (Å²) >= 11 is 0. The van der Waals surface area contributed by atoms with Crippen molar-refractivity contribution in [2.24, 2.45) is 0 Å². The van der Waals surface area contributed by atoms with Crippen molar-refractivity contribution >= 4 is 44.6 Å². The molecule has 6 heteroatoms. The predicted molar refractivity (Wildman–Crippen MR) is 283 cm³/mol. The minimum absolute atomic E-state index is 0. The Morgan fingerprint density at radius 3 is 1.91 bits per heavy atom. The van der Waals surface area contributed by atoms with Gasteiger partial charge < -0.3 is 19.1 Å². The van der Waals surface area contributed by atoms with Gasteiger partial charge in [0.05, 0.1) is 4.11 Å². The second-order valence-electron chi connectivity index (χ2n) is 19.3. The number of hydrogen-bond donors (Lipinski definition) is 0. The largest absolute Gasteiger partial charge is 0.509 e. The molecule has 11 rings (SSSR count). The summed E-state index contributed by atoms with van der Waals surface area (Å²) in [6, 6.07) is 61.4. The summed E-state index contributed by atoms with van der Waals surface area (Å²) in [6.45, 7) is 12.0. The van der Waals surface area contributed by atoms with Gasteiger partial charge in [-0.15, -0.1) is 48.1 Å². The third kappa shape index (κ3) is 8.66. The Morgan fingerprint density at radius 2 is 1.19 bits per heavy atom. The molecule has 0 saturated heterocycles. The first-order chi connectivity index (χ1) is 35.4. The topological polar surface area (TPSA) is 33.5 Å². The maximum absolute atomic E-state index is 9.96. The molecule has 0 atom stereocenters. The number of para-hydroxylation sites is 4. The van der Waals surface area contributed by atoms with Gasteiger partial charge in [0.2, 0.25) is 0 Å². The van der Waals surface area contributed by atoms with Gasteiger partial charge in [0.15, 0.2) is 0 Å². The molecule has 0 N–H and O–H groups in total. The Labute approximate surface area is 429 Å². The van der Waals surface area contributed by atoms with Gasteiger partial charge in [-0.2, -0.15) is 12.1 Å². The van der Waals surface area contributed by atoms with Crippen molar-refractivity contribution in [3.8, 4) is 50.7 Å². The average Bonchev–Trinajstić information content (AvgIpc) is 3.92. The summed E-state index contributed by atoms with van der Waals surface area (Å²) in [5.41, 5.74) is 10.3. The zero-order chi connectivity index (χ0) is 51.8. The van der Waals surface area contributed by atoms with E-state index in [0.717, 1.165) is 55.6 Å². The molecule has 0 radical (unpaired) electrons. The number of rotatable bonds is 8. The number of pyridine rings is 1. The first-order valence-corrected chi connectivity index (χ1v) is 23.0. The fourth-order valence-electron chi connectivity index (χ4n) is 9.01. The molecule has 0 saturated carbocycles. The van der Waals surface area contributed by atoms with Gasteiger partial charge >= 0.3 is 0 Å². The summed E-state index contributed by atoms with van der Waals surface area (Å²) in [4.78, 5) is 8.85. The second kappa shape index (κ2) is 18.0. The van der Waals surface area contributed by atoms with Crippen molar-refractivity contribution in [3.63, 3.8) is 0 Å². The molecule has 1 aliphatic rings. The standard InChI is InChI=1S/C63H53N4O.Pt/c1-42-33-34-64-60(35-42)67-56-24-12-11-21-54(56)55-32-31-51(40-59(55)67)68-50-20-15-19-49(39-50)65-41-66(58-26-14-13-25-57(58)65)61-52(45-29-27-44(28-30-45)43-17-9-8-10-18-43)22-16-23-53(61)46-36-47(62(2,3)4)38-48(37-46)63(5,6)7;/h8-38,41H,1-7H3;/q-3;/i1D3,36D,37D,38D;. The molecule has 0 fully saturated rings. The van der Waals surface area contributed by atoms with Crippen LogP contribution in [-0.4, -0.2) is 9.55 Å². The molecular weight excluding hydrogens is 1020 g/mol. The number of ether oxygens (including phenoxy) is 1. The van der Waals surface area contributed by atoms with Crippen molar-refractivity contribution < 1.29 is 34.0 Å². The fraction of sp³-hybridized carbons (Fsp3) is 0.143. The van der Waals surface area contributed by atoms with Gasteiger partial charge in [-0.05, 0) is 92.3 Å². The van der Waals surface area contributed by atoms with E-state index in [1.165, 1.54) is 12.3 Å². The minimum Gasteiger partial charge on any atom is -0.509 e. The van der Waals surface area contributed by atoms with Crippen molar-refractivity contribution in [1.82, 2.24) is 9.55 Å². The molecule has 0 unspecified atom stereocenters. The summed E-state index contributed by atoms with van der Waals surface area (Å²) < 4.78 is 62.2. The average molecular weight is 1080 g/mol. The van der Waals surface area contributed by atoms with E-state index in [4.69, 9.17) is 8.85 Å². The fourth-order valence-corrected chi connectivity index (χ4v) is 9.01. The van der Waals surface area contributed by atoms with E-state index in [0.29, 0.717) is 50.8 Å². The number of aryl methyl sites for hydroxylation is 1. The van der Waals surface area contributed by atoms with Gasteiger partial charge in [-0.25, -0.2) is 4.98 Å². The van der Waals surface area contributed by atoms with E-state index in [9.17, 15) is 4.11 Å². The summed E-state index contributed by atoms with van der Waals surface area (Å²) in [5.74, 6) is 1.35. The molecule has 0 spiro atoms. The van der Waals surface area contributed by atoms with E-state index in [1.807, 2.05) is 150 Å². The molecule has 5 nitrogen and oxygen atoms in total. The quantitative estimate of drug-likeness (QED) is 0.142. The Balaban J connectivity index is 0.00000641. The van der Waals surface area contributed by atoms with Gasteiger partial charge in [0, 0.05) is 76.6 Å². The first kappa shape index (κ1) is 38.7. The van der Waals surface area contributed by atoms with Crippen LogP contribution in [0, 0.1) is 25.7 Å². The maximum Gasteiger partial charge on any atom is 0.135 e. The first-order valence-electron chi connectivity index (χ1n) is 26.0. The van der Waals surface area contributed by atoms with Crippen LogP contribution in [0.5, 0.6) is 11.5 Å². The number of anilines is 4. The summed E-state index contributed by atoms with van der Waals surface area (Å²) in [7, 11) is 0. The SMILES string of the molecule is [2H]c1c(-c2cccc(-c3ccc(-c4ccccc4)cc3)c2N2[CH-]N(c3[c-]c(Oc4[c-]c5c(cc4)c4ccccc4n5-c4cc(C([2H])([2H])[2H])ccn4)ccc3)c3ccccc32)c([2H])c(C(C)(C)C)c([2H])c1C(C)(C)C.[Pt]. The van der Waals surface area contributed by atoms with Gasteiger partial charge in [-0.1, -0.05) is 168 Å². The van der Waals surface area contributed by atoms with Crippen LogP contribution in [0.3, 0.4) is 0 Å². The molecule has 69 heavy (non-hydrogen) atoms. The Kier molecular flexibility index (Phi) is 10.1. The van der Waals surface area contributed by atoms with Gasteiger partial charge in [0.25, 0.3) is 0 Å². The van der Waals surface area contributed by atoms with Gasteiger partial charge in [0.1, 0.15) is 5.82 Å². The third-order valence-corrected chi connectivity index (χ3v) is 12.5. The zero-order valence-electron chi connectivity index (χ0n) is 45.3. The second-order valence-corrected chi connectivity index (χ2v) is 19.3. The number of nitrogens with zero attached hydrogens (tertiary/aromatic N) is 4. The van der Waals surface area contributed by atoms with Gasteiger partial charge in [-0.3, -0.25) is 0 Å². The van der Waals surface area contributed by atoms with Crippen LogP contribution >= 0.6 is 0 Å². The van der Waals surface area contributed by atoms with E-state index in [1.54, 1.807) is 6.07 Å². The molecule has 0 bridgehead atoms. The van der Waals surface area contributed by atoms with Crippen molar-refractivity contribution in [3.05, 3.63) is 224 Å². The normalized spacial score (nSPS) is 14.1.